The topological polar surface area (TPSA) is 68.3 Å². The van der Waals surface area contributed by atoms with Crippen LogP contribution in [-0.4, -0.2) is 52.6 Å². The van der Waals surface area contributed by atoms with Crippen LogP contribution in [0.4, 0.5) is 0 Å². The maximum absolute atomic E-state index is 5.87. The first-order chi connectivity index (χ1) is 9.87. The number of aromatic nitrogens is 2. The Labute approximate surface area is 135 Å². The molecule has 1 unspecified atom stereocenters. The maximum Gasteiger partial charge on any atom is 0.0738 e. The second kappa shape index (κ2) is 6.75. The molecule has 1 aromatic heterocycles. The molecule has 0 bridgehead atoms. The van der Waals surface area contributed by atoms with Crippen molar-refractivity contribution in [2.24, 2.45) is 12.9 Å². The molecule has 21 heavy (non-hydrogen) atoms. The molecule has 0 aromatic carbocycles. The Morgan fingerprint density at radius 1 is 1.43 bits per heavy atom. The number of hydrogen-bond acceptors (Lipinski definition) is 5. The van der Waals surface area contributed by atoms with Gasteiger partial charge in [-0.3, -0.25) is 20.9 Å². The van der Waals surface area contributed by atoms with Gasteiger partial charge in [0.1, 0.15) is 0 Å². The van der Waals surface area contributed by atoms with Gasteiger partial charge in [-0.1, -0.05) is 0 Å². The first-order valence-corrected chi connectivity index (χ1v) is 8.14. The molecule has 7 heteroatoms. The maximum atomic E-state index is 5.87. The van der Waals surface area contributed by atoms with Gasteiger partial charge in [-0.15, -0.1) is 0 Å². The molecule has 2 rings (SSSR count). The summed E-state index contributed by atoms with van der Waals surface area (Å²) < 4.78 is 8.46. The standard InChI is InChI=1S/C14H26BrN5O/c1-10-13(15)11(19(4)18-10)9-12(17-16)14(2,3)20-5-7-21-8-6-20/h12,17H,5-9,16H2,1-4H3. The van der Waals surface area contributed by atoms with Crippen molar-refractivity contribution in [3.8, 4) is 0 Å². The molecule has 0 amide bonds. The SMILES string of the molecule is Cc1nn(C)c(CC(NN)C(C)(C)N2CCOCC2)c1Br. The number of rotatable bonds is 5. The van der Waals surface area contributed by atoms with Gasteiger partial charge in [0.25, 0.3) is 0 Å². The summed E-state index contributed by atoms with van der Waals surface area (Å²) in [5.74, 6) is 5.87. The molecule has 0 radical (unpaired) electrons. The molecule has 1 aliphatic heterocycles. The zero-order valence-corrected chi connectivity index (χ0v) is 14.9. The van der Waals surface area contributed by atoms with E-state index in [1.807, 2.05) is 18.7 Å². The van der Waals surface area contributed by atoms with E-state index in [0.717, 1.165) is 48.6 Å². The summed E-state index contributed by atoms with van der Waals surface area (Å²) in [5, 5.41) is 4.46. The first-order valence-electron chi connectivity index (χ1n) is 7.34. The van der Waals surface area contributed by atoms with Crippen LogP contribution in [-0.2, 0) is 18.2 Å². The van der Waals surface area contributed by atoms with Gasteiger partial charge in [-0.25, -0.2) is 0 Å². The van der Waals surface area contributed by atoms with Gasteiger partial charge >= 0.3 is 0 Å². The van der Waals surface area contributed by atoms with Crippen molar-refractivity contribution in [2.75, 3.05) is 26.3 Å². The second-order valence-electron chi connectivity index (χ2n) is 6.15. The smallest absolute Gasteiger partial charge is 0.0738 e. The number of morpholine rings is 1. The Morgan fingerprint density at radius 3 is 2.52 bits per heavy atom. The number of aryl methyl sites for hydroxylation is 2. The lowest BCUT2D eigenvalue weighted by Gasteiger charge is -2.45. The highest BCUT2D eigenvalue weighted by molar-refractivity contribution is 9.10. The van der Waals surface area contributed by atoms with Gasteiger partial charge in [0, 0.05) is 38.1 Å². The fraction of sp³-hybridized carbons (Fsp3) is 0.786. The Kier molecular flexibility index (Phi) is 5.43. The molecule has 0 saturated carbocycles. The summed E-state index contributed by atoms with van der Waals surface area (Å²) >= 11 is 3.64. The van der Waals surface area contributed by atoms with Crippen LogP contribution < -0.4 is 11.3 Å². The van der Waals surface area contributed by atoms with Crippen molar-refractivity contribution in [2.45, 2.75) is 38.8 Å². The van der Waals surface area contributed by atoms with Crippen LogP contribution in [0.2, 0.25) is 0 Å². The summed E-state index contributed by atoms with van der Waals surface area (Å²) in [4.78, 5) is 2.44. The molecule has 120 valence electrons. The van der Waals surface area contributed by atoms with E-state index in [4.69, 9.17) is 10.6 Å². The molecule has 1 fully saturated rings. The van der Waals surface area contributed by atoms with Gasteiger partial charge in [0.2, 0.25) is 0 Å². The van der Waals surface area contributed by atoms with Crippen molar-refractivity contribution >= 4 is 15.9 Å². The Balaban J connectivity index is 2.18. The third-order valence-corrected chi connectivity index (χ3v) is 5.57. The van der Waals surface area contributed by atoms with Crippen LogP contribution in [0.25, 0.3) is 0 Å². The Morgan fingerprint density at radius 2 is 2.05 bits per heavy atom. The number of ether oxygens (including phenoxy) is 1. The number of hydrazine groups is 1. The van der Waals surface area contributed by atoms with Crippen molar-refractivity contribution in [1.82, 2.24) is 20.1 Å². The van der Waals surface area contributed by atoms with E-state index >= 15 is 0 Å². The monoisotopic (exact) mass is 359 g/mol. The van der Waals surface area contributed by atoms with Crippen molar-refractivity contribution in [3.05, 3.63) is 15.9 Å². The molecule has 1 aliphatic rings. The van der Waals surface area contributed by atoms with Crippen molar-refractivity contribution in [3.63, 3.8) is 0 Å². The van der Waals surface area contributed by atoms with Crippen LogP contribution in [0, 0.1) is 6.92 Å². The van der Waals surface area contributed by atoms with Crippen LogP contribution in [0.1, 0.15) is 25.2 Å². The average molecular weight is 360 g/mol. The molecule has 0 aliphatic carbocycles. The van der Waals surface area contributed by atoms with Crippen LogP contribution in [0.3, 0.4) is 0 Å². The average Bonchev–Trinajstić information content (AvgIpc) is 2.71. The number of nitrogens with zero attached hydrogens (tertiary/aromatic N) is 3. The lowest BCUT2D eigenvalue weighted by Crippen LogP contribution is -2.62. The largest absolute Gasteiger partial charge is 0.379 e. The molecule has 6 nitrogen and oxygen atoms in total. The molecule has 1 aromatic rings. The molecular weight excluding hydrogens is 334 g/mol. The number of halogens is 1. The van der Waals surface area contributed by atoms with Gasteiger partial charge < -0.3 is 4.74 Å². The molecule has 2 heterocycles. The van der Waals surface area contributed by atoms with Gasteiger partial charge in [0.05, 0.1) is 29.1 Å². The van der Waals surface area contributed by atoms with Gasteiger partial charge in [-0.05, 0) is 36.7 Å². The van der Waals surface area contributed by atoms with E-state index in [1.54, 1.807) is 0 Å². The third kappa shape index (κ3) is 3.48. The summed E-state index contributed by atoms with van der Waals surface area (Å²) in [5.41, 5.74) is 5.12. The number of nitrogens with one attached hydrogen (secondary N) is 1. The van der Waals surface area contributed by atoms with E-state index in [2.05, 4.69) is 45.2 Å². The zero-order valence-electron chi connectivity index (χ0n) is 13.3. The van der Waals surface area contributed by atoms with E-state index in [0.29, 0.717) is 0 Å². The third-order valence-electron chi connectivity index (χ3n) is 4.54. The van der Waals surface area contributed by atoms with E-state index in [9.17, 15) is 0 Å². The van der Waals surface area contributed by atoms with Crippen molar-refractivity contribution in [1.29, 1.82) is 0 Å². The fourth-order valence-electron chi connectivity index (χ4n) is 2.97. The first kappa shape index (κ1) is 16.9. The normalized spacial score (nSPS) is 19.0. The van der Waals surface area contributed by atoms with Crippen LogP contribution in [0.15, 0.2) is 4.47 Å². The number of nitrogens with two attached hydrogens (primary N) is 1. The Hall–Kier alpha value is -0.470. The molecule has 3 N–H and O–H groups in total. The minimum absolute atomic E-state index is 0.0594. The van der Waals surface area contributed by atoms with Crippen molar-refractivity contribution < 1.29 is 4.74 Å². The lowest BCUT2D eigenvalue weighted by atomic mass is 9.89. The quantitative estimate of drug-likeness (QED) is 0.605. The Bertz CT molecular complexity index is 482. The summed E-state index contributed by atoms with van der Waals surface area (Å²) in [7, 11) is 1.97. The molecule has 0 spiro atoms. The highest BCUT2D eigenvalue weighted by Crippen LogP contribution is 2.27. The summed E-state index contributed by atoms with van der Waals surface area (Å²) in [6.07, 6.45) is 0.818. The molecule has 1 atom stereocenters. The van der Waals surface area contributed by atoms with E-state index in [1.165, 1.54) is 0 Å². The van der Waals surface area contributed by atoms with Gasteiger partial charge in [-0.2, -0.15) is 5.10 Å². The second-order valence-corrected chi connectivity index (χ2v) is 6.94. The lowest BCUT2D eigenvalue weighted by molar-refractivity contribution is -0.0235. The summed E-state index contributed by atoms with van der Waals surface area (Å²) in [6.45, 7) is 9.93. The van der Waals surface area contributed by atoms with Crippen LogP contribution >= 0.6 is 15.9 Å². The molecular formula is C14H26BrN5O. The van der Waals surface area contributed by atoms with Crippen LogP contribution in [0.5, 0.6) is 0 Å². The number of hydrogen-bond donors (Lipinski definition) is 2. The van der Waals surface area contributed by atoms with E-state index in [-0.39, 0.29) is 11.6 Å². The minimum atomic E-state index is -0.0594. The minimum Gasteiger partial charge on any atom is -0.379 e. The zero-order chi connectivity index (χ0) is 15.6. The summed E-state index contributed by atoms with van der Waals surface area (Å²) in [6, 6.07) is 0.127. The highest BCUT2D eigenvalue weighted by Gasteiger charge is 2.36. The predicted octanol–water partition coefficient (Wildman–Crippen LogP) is 0.976. The predicted molar refractivity (Wildman–Crippen MR) is 86.9 cm³/mol. The van der Waals surface area contributed by atoms with Gasteiger partial charge in [0.15, 0.2) is 0 Å². The fourth-order valence-corrected chi connectivity index (χ4v) is 3.47. The molecule has 1 saturated heterocycles. The highest BCUT2D eigenvalue weighted by atomic mass is 79.9. The van der Waals surface area contributed by atoms with E-state index < -0.39 is 0 Å².